The second-order valence-electron chi connectivity index (χ2n) is 4.93. The van der Waals surface area contributed by atoms with E-state index >= 15 is 0 Å². The van der Waals surface area contributed by atoms with Gasteiger partial charge in [0.1, 0.15) is 11.6 Å². The number of ether oxygens (including phenoxy) is 1. The summed E-state index contributed by atoms with van der Waals surface area (Å²) in [6, 6.07) is 15.4. The van der Waals surface area contributed by atoms with Crippen LogP contribution in [0.25, 0.3) is 10.8 Å². The minimum Gasteiger partial charge on any atom is -0.495 e. The predicted molar refractivity (Wildman–Crippen MR) is 92.6 cm³/mol. The molecule has 5 heteroatoms. The van der Waals surface area contributed by atoms with Crippen molar-refractivity contribution in [2.75, 3.05) is 12.4 Å². The van der Waals surface area contributed by atoms with E-state index in [4.69, 9.17) is 4.74 Å². The molecule has 0 saturated heterocycles. The molecule has 0 bridgehead atoms. The van der Waals surface area contributed by atoms with Gasteiger partial charge in [-0.3, -0.25) is 4.79 Å². The number of benzene rings is 3. The summed E-state index contributed by atoms with van der Waals surface area (Å²) in [5, 5.41) is 4.40. The van der Waals surface area contributed by atoms with E-state index in [1.165, 1.54) is 19.2 Å². The van der Waals surface area contributed by atoms with E-state index in [0.29, 0.717) is 15.8 Å². The van der Waals surface area contributed by atoms with Crippen LogP contribution < -0.4 is 10.1 Å². The first-order valence-corrected chi connectivity index (χ1v) is 7.72. The quantitative estimate of drug-likeness (QED) is 0.701. The first-order valence-electron chi connectivity index (χ1n) is 6.93. The van der Waals surface area contributed by atoms with E-state index in [1.54, 1.807) is 18.2 Å². The number of methoxy groups -OCH3 is 1. The maximum absolute atomic E-state index is 13.7. The molecule has 116 valence electrons. The number of para-hydroxylation sites is 1. The van der Waals surface area contributed by atoms with Gasteiger partial charge in [0.15, 0.2) is 0 Å². The van der Waals surface area contributed by atoms with Crippen LogP contribution in [-0.4, -0.2) is 13.0 Å². The number of anilines is 1. The Morgan fingerprint density at radius 1 is 1.13 bits per heavy atom. The van der Waals surface area contributed by atoms with Crippen LogP contribution in [0.3, 0.4) is 0 Å². The Morgan fingerprint density at radius 3 is 2.57 bits per heavy atom. The lowest BCUT2D eigenvalue weighted by Gasteiger charge is -2.13. The molecular formula is C18H13BrFNO2. The first kappa shape index (κ1) is 15.5. The number of carbonyl (C=O) groups is 1. The van der Waals surface area contributed by atoms with E-state index in [0.717, 1.165) is 10.8 Å². The number of nitrogens with one attached hydrogen (secondary N) is 1. The van der Waals surface area contributed by atoms with Crippen molar-refractivity contribution < 1.29 is 13.9 Å². The highest BCUT2D eigenvalue weighted by atomic mass is 79.9. The number of rotatable bonds is 3. The van der Waals surface area contributed by atoms with Crippen molar-refractivity contribution in [3.8, 4) is 5.75 Å². The third-order valence-corrected chi connectivity index (χ3v) is 4.30. The second kappa shape index (κ2) is 6.38. The number of amides is 1. The summed E-state index contributed by atoms with van der Waals surface area (Å²) >= 11 is 3.48. The molecule has 0 atom stereocenters. The molecule has 0 fully saturated rings. The Hall–Kier alpha value is -2.40. The molecule has 3 nitrogen and oxygen atoms in total. The number of carbonyl (C=O) groups excluding carboxylic acids is 1. The normalized spacial score (nSPS) is 10.6. The summed E-state index contributed by atoms with van der Waals surface area (Å²) in [6.07, 6.45) is 0. The van der Waals surface area contributed by atoms with Crippen LogP contribution in [0.1, 0.15) is 10.4 Å². The van der Waals surface area contributed by atoms with Gasteiger partial charge < -0.3 is 10.1 Å². The van der Waals surface area contributed by atoms with Crippen LogP contribution in [0.5, 0.6) is 5.75 Å². The third kappa shape index (κ3) is 2.92. The molecule has 0 aliphatic heterocycles. The van der Waals surface area contributed by atoms with Crippen molar-refractivity contribution in [3.05, 3.63) is 70.5 Å². The Morgan fingerprint density at radius 2 is 1.83 bits per heavy atom. The first-order chi connectivity index (χ1) is 11.1. The number of halogens is 2. The topological polar surface area (TPSA) is 38.3 Å². The van der Waals surface area contributed by atoms with E-state index < -0.39 is 11.7 Å². The molecule has 1 N–H and O–H groups in total. The third-order valence-electron chi connectivity index (χ3n) is 3.51. The Labute approximate surface area is 141 Å². The fraction of sp³-hybridized carbons (Fsp3) is 0.0556. The van der Waals surface area contributed by atoms with Gasteiger partial charge in [0, 0.05) is 0 Å². The molecule has 0 aliphatic rings. The SMILES string of the molecule is COc1c(C(=O)Nc2ccccc2F)cc2ccccc2c1Br. The molecule has 3 aromatic carbocycles. The molecule has 3 aromatic rings. The summed E-state index contributed by atoms with van der Waals surface area (Å²) in [4.78, 5) is 12.6. The van der Waals surface area contributed by atoms with Gasteiger partial charge >= 0.3 is 0 Å². The zero-order valence-corrected chi connectivity index (χ0v) is 13.9. The summed E-state index contributed by atoms with van der Waals surface area (Å²) < 4.78 is 19.8. The highest BCUT2D eigenvalue weighted by Crippen LogP contribution is 2.36. The zero-order chi connectivity index (χ0) is 16.4. The van der Waals surface area contributed by atoms with Gasteiger partial charge in [0.2, 0.25) is 0 Å². The van der Waals surface area contributed by atoms with Crippen molar-refractivity contribution >= 4 is 38.3 Å². The average Bonchev–Trinajstić information content (AvgIpc) is 2.57. The molecule has 1 amide bonds. The number of hydrogen-bond donors (Lipinski definition) is 1. The summed E-state index contributed by atoms with van der Waals surface area (Å²) in [6.45, 7) is 0. The molecule has 0 saturated carbocycles. The fourth-order valence-corrected chi connectivity index (χ4v) is 3.14. The lowest BCUT2D eigenvalue weighted by molar-refractivity contribution is 0.102. The van der Waals surface area contributed by atoms with Gasteiger partial charge in [-0.05, 0) is 44.9 Å². The van der Waals surface area contributed by atoms with E-state index in [2.05, 4.69) is 21.2 Å². The zero-order valence-electron chi connectivity index (χ0n) is 12.3. The van der Waals surface area contributed by atoms with Crippen molar-refractivity contribution in [1.82, 2.24) is 0 Å². The monoisotopic (exact) mass is 373 g/mol. The van der Waals surface area contributed by atoms with Crippen LogP contribution in [-0.2, 0) is 0 Å². The number of hydrogen-bond acceptors (Lipinski definition) is 2. The summed E-state index contributed by atoms with van der Waals surface area (Å²) in [5.74, 6) is -0.504. The fourth-order valence-electron chi connectivity index (χ4n) is 2.40. The minimum absolute atomic E-state index is 0.129. The Kier molecular flexibility index (Phi) is 4.30. The molecule has 0 radical (unpaired) electrons. The van der Waals surface area contributed by atoms with Gasteiger partial charge in [-0.2, -0.15) is 0 Å². The lowest BCUT2D eigenvalue weighted by Crippen LogP contribution is -2.14. The van der Waals surface area contributed by atoms with Gasteiger partial charge in [-0.25, -0.2) is 4.39 Å². The minimum atomic E-state index is -0.486. The maximum atomic E-state index is 13.7. The van der Waals surface area contributed by atoms with Gasteiger partial charge in [0.05, 0.1) is 22.8 Å². The van der Waals surface area contributed by atoms with Crippen molar-refractivity contribution in [2.24, 2.45) is 0 Å². The van der Waals surface area contributed by atoms with E-state index in [-0.39, 0.29) is 5.69 Å². The highest BCUT2D eigenvalue weighted by Gasteiger charge is 2.19. The van der Waals surface area contributed by atoms with E-state index in [9.17, 15) is 9.18 Å². The summed E-state index contributed by atoms with van der Waals surface area (Å²) in [7, 11) is 1.49. The summed E-state index contributed by atoms with van der Waals surface area (Å²) in [5.41, 5.74) is 0.463. The maximum Gasteiger partial charge on any atom is 0.259 e. The molecule has 0 aromatic heterocycles. The van der Waals surface area contributed by atoms with Crippen molar-refractivity contribution in [1.29, 1.82) is 0 Å². The van der Waals surface area contributed by atoms with Crippen LogP contribution >= 0.6 is 15.9 Å². The van der Waals surface area contributed by atoms with E-state index in [1.807, 2.05) is 24.3 Å². The molecule has 3 rings (SSSR count). The second-order valence-corrected chi connectivity index (χ2v) is 5.72. The van der Waals surface area contributed by atoms with Crippen LogP contribution in [0, 0.1) is 5.82 Å². The van der Waals surface area contributed by atoms with Crippen LogP contribution in [0.15, 0.2) is 59.1 Å². The van der Waals surface area contributed by atoms with Crippen LogP contribution in [0.2, 0.25) is 0 Å². The molecular weight excluding hydrogens is 361 g/mol. The molecule has 0 spiro atoms. The Balaban J connectivity index is 2.08. The van der Waals surface area contributed by atoms with Crippen molar-refractivity contribution in [2.45, 2.75) is 0 Å². The van der Waals surface area contributed by atoms with Crippen molar-refractivity contribution in [3.63, 3.8) is 0 Å². The highest BCUT2D eigenvalue weighted by molar-refractivity contribution is 9.10. The molecule has 0 unspecified atom stereocenters. The van der Waals surface area contributed by atoms with Gasteiger partial charge in [-0.15, -0.1) is 0 Å². The lowest BCUT2D eigenvalue weighted by atomic mass is 10.1. The standard InChI is InChI=1S/C18H13BrFNO2/c1-23-17-13(10-11-6-2-3-7-12(11)16(17)19)18(22)21-15-9-5-4-8-14(15)20/h2-10H,1H3,(H,21,22). The van der Waals surface area contributed by atoms with Crippen LogP contribution in [0.4, 0.5) is 10.1 Å². The average molecular weight is 374 g/mol. The Bertz CT molecular complexity index is 895. The molecule has 0 aliphatic carbocycles. The predicted octanol–water partition coefficient (Wildman–Crippen LogP) is 5.00. The smallest absolute Gasteiger partial charge is 0.259 e. The van der Waals surface area contributed by atoms with Gasteiger partial charge in [-0.1, -0.05) is 36.4 Å². The molecule has 23 heavy (non-hydrogen) atoms. The molecule has 0 heterocycles. The van der Waals surface area contributed by atoms with Gasteiger partial charge in [0.25, 0.3) is 5.91 Å². The number of fused-ring (bicyclic) bond motifs is 1. The largest absolute Gasteiger partial charge is 0.495 e.